The van der Waals surface area contributed by atoms with Crippen molar-refractivity contribution >= 4 is 28.9 Å². The molecule has 0 aromatic heterocycles. The van der Waals surface area contributed by atoms with Gasteiger partial charge in [0.1, 0.15) is 0 Å². The van der Waals surface area contributed by atoms with Crippen LogP contribution in [0.1, 0.15) is 29.5 Å². The van der Waals surface area contributed by atoms with E-state index in [1.807, 2.05) is 45.0 Å². The lowest BCUT2D eigenvalue weighted by atomic mass is 10.1. The van der Waals surface area contributed by atoms with Gasteiger partial charge < -0.3 is 15.5 Å². The minimum absolute atomic E-state index is 0.109. The van der Waals surface area contributed by atoms with Crippen LogP contribution in [0.2, 0.25) is 0 Å². The smallest absolute Gasteiger partial charge is 0.243 e. The van der Waals surface area contributed by atoms with E-state index in [-0.39, 0.29) is 18.4 Å². The largest absolute Gasteiger partial charge is 0.374 e. The first-order valence-electron chi connectivity index (χ1n) is 8.96. The maximum atomic E-state index is 12.4. The van der Waals surface area contributed by atoms with Gasteiger partial charge in [0.25, 0.3) is 0 Å². The number of para-hydroxylation sites is 2. The number of carbonyl (C=O) groups is 2. The molecule has 26 heavy (non-hydrogen) atoms. The van der Waals surface area contributed by atoms with Crippen LogP contribution >= 0.6 is 0 Å². The van der Waals surface area contributed by atoms with Gasteiger partial charge in [0.2, 0.25) is 11.8 Å². The predicted molar refractivity (Wildman–Crippen MR) is 106 cm³/mol. The Morgan fingerprint density at radius 1 is 1.12 bits per heavy atom. The second kappa shape index (κ2) is 7.60. The van der Waals surface area contributed by atoms with Gasteiger partial charge in [-0.25, -0.2) is 0 Å². The van der Waals surface area contributed by atoms with Crippen LogP contribution in [0.5, 0.6) is 0 Å². The topological polar surface area (TPSA) is 61.4 Å². The average molecular weight is 351 g/mol. The summed E-state index contributed by atoms with van der Waals surface area (Å²) in [6, 6.07) is 11.7. The Kier molecular flexibility index (Phi) is 5.26. The molecule has 0 bridgehead atoms. The molecule has 1 aliphatic heterocycles. The van der Waals surface area contributed by atoms with Crippen molar-refractivity contribution in [1.82, 2.24) is 0 Å². The van der Waals surface area contributed by atoms with Gasteiger partial charge in [-0.15, -0.1) is 0 Å². The summed E-state index contributed by atoms with van der Waals surface area (Å²) in [6.45, 7) is 6.91. The highest BCUT2D eigenvalue weighted by Gasteiger charge is 2.23. The van der Waals surface area contributed by atoms with Gasteiger partial charge in [0.05, 0.1) is 17.9 Å². The highest BCUT2D eigenvalue weighted by atomic mass is 16.2. The van der Waals surface area contributed by atoms with Crippen molar-refractivity contribution in [2.45, 2.75) is 33.6 Å². The summed E-state index contributed by atoms with van der Waals surface area (Å²) in [7, 11) is 0. The van der Waals surface area contributed by atoms with Gasteiger partial charge in [-0.05, 0) is 50.5 Å². The Balaban J connectivity index is 1.68. The maximum Gasteiger partial charge on any atom is 0.243 e. The zero-order valence-electron chi connectivity index (χ0n) is 15.6. The Morgan fingerprint density at radius 2 is 1.81 bits per heavy atom. The fourth-order valence-corrected chi connectivity index (χ4v) is 3.50. The molecule has 1 heterocycles. The molecular weight excluding hydrogens is 326 g/mol. The molecule has 1 saturated heterocycles. The summed E-state index contributed by atoms with van der Waals surface area (Å²) in [5, 5.41) is 6.17. The van der Waals surface area contributed by atoms with Crippen molar-refractivity contribution < 1.29 is 9.59 Å². The zero-order valence-corrected chi connectivity index (χ0v) is 15.6. The predicted octanol–water partition coefficient (Wildman–Crippen LogP) is 3.79. The summed E-state index contributed by atoms with van der Waals surface area (Å²) >= 11 is 0. The van der Waals surface area contributed by atoms with Gasteiger partial charge in [0, 0.05) is 18.7 Å². The van der Waals surface area contributed by atoms with Crippen LogP contribution in [0, 0.1) is 20.8 Å². The number of nitrogens with one attached hydrogen (secondary N) is 2. The number of anilines is 3. The number of hydrogen-bond acceptors (Lipinski definition) is 3. The summed E-state index contributed by atoms with van der Waals surface area (Å²) in [6.07, 6.45) is 1.46. The Bertz CT molecular complexity index is 822. The highest BCUT2D eigenvalue weighted by molar-refractivity contribution is 6.00. The molecule has 2 aromatic rings. The third-order valence-corrected chi connectivity index (χ3v) is 4.65. The first kappa shape index (κ1) is 18.0. The van der Waals surface area contributed by atoms with Crippen LogP contribution in [0.25, 0.3) is 0 Å². The number of nitrogens with zero attached hydrogens (tertiary/aromatic N) is 1. The van der Waals surface area contributed by atoms with Crippen molar-refractivity contribution in [2.75, 3.05) is 28.6 Å². The van der Waals surface area contributed by atoms with Crippen molar-refractivity contribution in [3.63, 3.8) is 0 Å². The first-order valence-corrected chi connectivity index (χ1v) is 8.96. The first-order chi connectivity index (χ1) is 12.5. The van der Waals surface area contributed by atoms with Crippen LogP contribution in [0.3, 0.4) is 0 Å². The minimum atomic E-state index is -0.109. The van der Waals surface area contributed by atoms with E-state index in [2.05, 4.69) is 22.8 Å². The summed E-state index contributed by atoms with van der Waals surface area (Å²) in [4.78, 5) is 26.2. The molecular formula is C21H25N3O2. The molecule has 2 amide bonds. The number of rotatable bonds is 5. The lowest BCUT2D eigenvalue weighted by Crippen LogP contribution is -2.27. The molecule has 0 unspecified atom stereocenters. The van der Waals surface area contributed by atoms with Crippen molar-refractivity contribution in [1.29, 1.82) is 0 Å². The third kappa shape index (κ3) is 3.87. The van der Waals surface area contributed by atoms with Crippen LogP contribution in [-0.2, 0) is 9.59 Å². The zero-order chi connectivity index (χ0) is 18.7. The quantitative estimate of drug-likeness (QED) is 0.861. The summed E-state index contributed by atoms with van der Waals surface area (Å²) in [5.41, 5.74) is 5.80. The van der Waals surface area contributed by atoms with E-state index in [9.17, 15) is 9.59 Å². The molecule has 0 aliphatic carbocycles. The van der Waals surface area contributed by atoms with E-state index in [1.54, 1.807) is 4.90 Å². The highest BCUT2D eigenvalue weighted by Crippen LogP contribution is 2.29. The van der Waals surface area contributed by atoms with Crippen molar-refractivity contribution in [3.8, 4) is 0 Å². The van der Waals surface area contributed by atoms with Crippen LogP contribution < -0.4 is 15.5 Å². The van der Waals surface area contributed by atoms with E-state index in [4.69, 9.17) is 0 Å². The molecule has 2 N–H and O–H groups in total. The molecule has 136 valence electrons. The van der Waals surface area contributed by atoms with Gasteiger partial charge in [-0.2, -0.15) is 0 Å². The molecule has 1 fully saturated rings. The third-order valence-electron chi connectivity index (χ3n) is 4.65. The molecule has 3 rings (SSSR count). The molecule has 5 heteroatoms. The molecule has 2 aromatic carbocycles. The van der Waals surface area contributed by atoms with Gasteiger partial charge in [-0.3, -0.25) is 9.59 Å². The van der Waals surface area contributed by atoms with E-state index < -0.39 is 0 Å². The molecule has 0 radical (unpaired) electrons. The average Bonchev–Trinajstić information content (AvgIpc) is 3.02. The number of amides is 2. The fourth-order valence-electron chi connectivity index (χ4n) is 3.50. The van der Waals surface area contributed by atoms with Crippen molar-refractivity contribution in [2.24, 2.45) is 0 Å². The number of carbonyl (C=O) groups excluding carboxylic acids is 2. The summed E-state index contributed by atoms with van der Waals surface area (Å²) in [5.74, 6) is 0.0252. The SMILES string of the molecule is Cc1cc(C)c(NC(=O)CNc2ccccc2N2CCCC2=O)c(C)c1. The molecule has 5 nitrogen and oxygen atoms in total. The molecule has 0 atom stereocenters. The maximum absolute atomic E-state index is 12.4. The minimum Gasteiger partial charge on any atom is -0.374 e. The Labute approximate surface area is 154 Å². The normalized spacial score (nSPS) is 13.8. The molecule has 1 aliphatic rings. The monoisotopic (exact) mass is 351 g/mol. The summed E-state index contributed by atoms with van der Waals surface area (Å²) < 4.78 is 0. The lowest BCUT2D eigenvalue weighted by Gasteiger charge is -2.20. The van der Waals surface area contributed by atoms with Crippen LogP contribution in [0.4, 0.5) is 17.1 Å². The van der Waals surface area contributed by atoms with Crippen LogP contribution in [0.15, 0.2) is 36.4 Å². The second-order valence-electron chi connectivity index (χ2n) is 6.84. The van der Waals surface area contributed by atoms with Gasteiger partial charge in [-0.1, -0.05) is 29.8 Å². The van der Waals surface area contributed by atoms with E-state index in [0.717, 1.165) is 41.2 Å². The Hall–Kier alpha value is -2.82. The number of aryl methyl sites for hydroxylation is 3. The van der Waals surface area contributed by atoms with Gasteiger partial charge >= 0.3 is 0 Å². The Morgan fingerprint density at radius 3 is 2.46 bits per heavy atom. The number of hydrogen-bond donors (Lipinski definition) is 2. The van der Waals surface area contributed by atoms with E-state index in [1.165, 1.54) is 5.56 Å². The second-order valence-corrected chi connectivity index (χ2v) is 6.84. The van der Waals surface area contributed by atoms with E-state index >= 15 is 0 Å². The lowest BCUT2D eigenvalue weighted by molar-refractivity contribution is -0.117. The van der Waals surface area contributed by atoms with E-state index in [0.29, 0.717) is 6.42 Å². The number of benzene rings is 2. The molecule has 0 saturated carbocycles. The van der Waals surface area contributed by atoms with Gasteiger partial charge in [0.15, 0.2) is 0 Å². The standard InChI is InChI=1S/C21H25N3O2/c1-14-11-15(2)21(16(3)12-14)23-19(25)13-22-17-7-4-5-8-18(17)24-10-6-9-20(24)26/h4-5,7-8,11-12,22H,6,9-10,13H2,1-3H3,(H,23,25). The van der Waals surface area contributed by atoms with Crippen LogP contribution in [-0.4, -0.2) is 24.9 Å². The van der Waals surface area contributed by atoms with Crippen molar-refractivity contribution in [3.05, 3.63) is 53.1 Å². The molecule has 0 spiro atoms. The fraction of sp³-hybridized carbons (Fsp3) is 0.333.